The van der Waals surface area contributed by atoms with Gasteiger partial charge in [0.1, 0.15) is 0 Å². The molecular formula is C22H28N2O. The second-order valence-corrected chi connectivity index (χ2v) is 7.18. The van der Waals surface area contributed by atoms with Crippen LogP contribution in [0, 0.1) is 13.8 Å². The van der Waals surface area contributed by atoms with Gasteiger partial charge in [-0.3, -0.25) is 4.79 Å². The number of nitrogens with one attached hydrogen (secondary N) is 1. The van der Waals surface area contributed by atoms with Crippen LogP contribution in [0.25, 0.3) is 0 Å². The second kappa shape index (κ2) is 7.83. The van der Waals surface area contributed by atoms with E-state index >= 15 is 0 Å². The van der Waals surface area contributed by atoms with Gasteiger partial charge in [-0.2, -0.15) is 0 Å². The van der Waals surface area contributed by atoms with E-state index in [1.807, 2.05) is 4.90 Å². The minimum atomic E-state index is 0.285. The number of aryl methyl sites for hydroxylation is 2. The molecule has 0 aliphatic carbocycles. The van der Waals surface area contributed by atoms with Crippen LogP contribution < -0.4 is 5.32 Å². The van der Waals surface area contributed by atoms with Crippen molar-refractivity contribution in [3.63, 3.8) is 0 Å². The van der Waals surface area contributed by atoms with Crippen molar-refractivity contribution in [1.29, 1.82) is 0 Å². The number of benzene rings is 2. The Morgan fingerprint density at radius 3 is 2.40 bits per heavy atom. The Morgan fingerprint density at radius 1 is 1.04 bits per heavy atom. The molecule has 1 atom stereocenters. The first kappa shape index (κ1) is 17.7. The predicted molar refractivity (Wildman–Crippen MR) is 102 cm³/mol. The van der Waals surface area contributed by atoms with E-state index in [1.54, 1.807) is 0 Å². The highest BCUT2D eigenvalue weighted by Gasteiger charge is 2.19. The monoisotopic (exact) mass is 336 g/mol. The number of nitrogens with zero attached hydrogens (tertiary/aromatic N) is 1. The number of hydrogen-bond donors (Lipinski definition) is 1. The molecule has 1 unspecified atom stereocenters. The Balaban J connectivity index is 1.54. The number of rotatable bonds is 6. The summed E-state index contributed by atoms with van der Waals surface area (Å²) in [5.74, 6) is 0.285. The first-order valence-corrected chi connectivity index (χ1v) is 9.19. The summed E-state index contributed by atoms with van der Waals surface area (Å²) in [7, 11) is 0. The lowest BCUT2D eigenvalue weighted by Crippen LogP contribution is -2.23. The van der Waals surface area contributed by atoms with E-state index in [-0.39, 0.29) is 5.91 Å². The summed E-state index contributed by atoms with van der Waals surface area (Å²) in [5, 5.41) is 3.60. The van der Waals surface area contributed by atoms with E-state index < -0.39 is 0 Å². The Labute approximate surface area is 151 Å². The highest BCUT2D eigenvalue weighted by atomic mass is 16.2. The molecule has 0 aromatic heterocycles. The van der Waals surface area contributed by atoms with Gasteiger partial charge in [-0.1, -0.05) is 42.5 Å². The third-order valence-corrected chi connectivity index (χ3v) is 5.21. The summed E-state index contributed by atoms with van der Waals surface area (Å²) in [6.07, 6.45) is 1.70. The first-order chi connectivity index (χ1) is 12.0. The fourth-order valence-electron chi connectivity index (χ4n) is 3.28. The third-order valence-electron chi connectivity index (χ3n) is 5.21. The molecule has 0 spiro atoms. The Hall–Kier alpha value is -2.13. The molecule has 25 heavy (non-hydrogen) atoms. The summed E-state index contributed by atoms with van der Waals surface area (Å²) in [6, 6.07) is 15.6. The lowest BCUT2D eigenvalue weighted by Gasteiger charge is -2.17. The molecule has 2 aromatic carbocycles. The zero-order valence-corrected chi connectivity index (χ0v) is 15.5. The van der Waals surface area contributed by atoms with Crippen LogP contribution in [0.3, 0.4) is 0 Å². The second-order valence-electron chi connectivity index (χ2n) is 7.18. The summed E-state index contributed by atoms with van der Waals surface area (Å²) < 4.78 is 0. The van der Waals surface area contributed by atoms with E-state index in [1.165, 1.54) is 27.8 Å². The zero-order chi connectivity index (χ0) is 17.8. The van der Waals surface area contributed by atoms with Crippen molar-refractivity contribution in [2.24, 2.45) is 0 Å². The normalized spacial score (nSPS) is 15.6. The van der Waals surface area contributed by atoms with Crippen molar-refractivity contribution in [3.05, 3.63) is 70.3 Å². The Kier molecular flexibility index (Phi) is 5.54. The van der Waals surface area contributed by atoms with Crippen molar-refractivity contribution in [3.8, 4) is 0 Å². The number of carbonyl (C=O) groups excluding carboxylic acids is 1. The van der Waals surface area contributed by atoms with Crippen molar-refractivity contribution in [1.82, 2.24) is 10.2 Å². The molecule has 1 aliphatic heterocycles. The Morgan fingerprint density at radius 2 is 1.76 bits per heavy atom. The number of likely N-dealkylation sites (tertiary alicyclic amines) is 1. The van der Waals surface area contributed by atoms with Crippen LogP contribution in [-0.2, 0) is 17.9 Å². The number of hydrogen-bond acceptors (Lipinski definition) is 2. The molecule has 132 valence electrons. The van der Waals surface area contributed by atoms with Crippen LogP contribution in [0.2, 0.25) is 0 Å². The van der Waals surface area contributed by atoms with Gasteiger partial charge < -0.3 is 10.2 Å². The van der Waals surface area contributed by atoms with Crippen LogP contribution in [0.4, 0.5) is 0 Å². The van der Waals surface area contributed by atoms with Crippen LogP contribution >= 0.6 is 0 Å². The summed E-state index contributed by atoms with van der Waals surface area (Å²) in [4.78, 5) is 13.7. The predicted octanol–water partition coefficient (Wildman–Crippen LogP) is 4.28. The van der Waals surface area contributed by atoms with Crippen molar-refractivity contribution in [2.45, 2.75) is 52.7 Å². The van der Waals surface area contributed by atoms with Crippen LogP contribution in [0.1, 0.15) is 53.6 Å². The van der Waals surface area contributed by atoms with Gasteiger partial charge in [0.15, 0.2) is 0 Å². The topological polar surface area (TPSA) is 32.3 Å². The molecule has 3 rings (SSSR count). The Bertz CT molecular complexity index is 736. The third kappa shape index (κ3) is 4.49. The van der Waals surface area contributed by atoms with Crippen molar-refractivity contribution < 1.29 is 4.79 Å². The standard InChI is InChI=1S/C22H28N2O/c1-16-6-11-21(13-17(16)2)18(3)23-14-19-7-9-20(10-8-19)15-24-12-4-5-22(24)25/h6-11,13,18,23H,4-5,12,14-15H2,1-3H3. The van der Waals surface area contributed by atoms with E-state index in [9.17, 15) is 4.79 Å². The molecule has 1 aliphatic rings. The lowest BCUT2D eigenvalue weighted by atomic mass is 10.0. The summed E-state index contributed by atoms with van der Waals surface area (Å²) in [6.45, 7) is 9.00. The van der Waals surface area contributed by atoms with Gasteiger partial charge >= 0.3 is 0 Å². The van der Waals surface area contributed by atoms with E-state index in [4.69, 9.17) is 0 Å². The molecule has 0 radical (unpaired) electrons. The largest absolute Gasteiger partial charge is 0.338 e. The van der Waals surface area contributed by atoms with E-state index in [0.29, 0.717) is 12.5 Å². The van der Waals surface area contributed by atoms with Gasteiger partial charge in [0.2, 0.25) is 5.91 Å². The van der Waals surface area contributed by atoms with Gasteiger partial charge in [-0.25, -0.2) is 0 Å². The van der Waals surface area contributed by atoms with Gasteiger partial charge in [-0.15, -0.1) is 0 Å². The molecule has 0 saturated carbocycles. The fraction of sp³-hybridized carbons (Fsp3) is 0.409. The molecule has 1 amide bonds. The number of carbonyl (C=O) groups is 1. The highest BCUT2D eigenvalue weighted by Crippen LogP contribution is 2.18. The first-order valence-electron chi connectivity index (χ1n) is 9.19. The molecule has 1 fully saturated rings. The minimum absolute atomic E-state index is 0.285. The molecule has 1 N–H and O–H groups in total. The van der Waals surface area contributed by atoms with Crippen LogP contribution in [0.15, 0.2) is 42.5 Å². The van der Waals surface area contributed by atoms with Gasteiger partial charge in [0, 0.05) is 32.1 Å². The SMILES string of the molecule is Cc1ccc(C(C)NCc2ccc(CN3CCCC3=O)cc2)cc1C. The maximum Gasteiger partial charge on any atom is 0.222 e. The molecule has 1 heterocycles. The van der Waals surface area contributed by atoms with Crippen molar-refractivity contribution in [2.75, 3.05) is 6.54 Å². The average molecular weight is 336 g/mol. The molecule has 2 aromatic rings. The zero-order valence-electron chi connectivity index (χ0n) is 15.5. The van der Waals surface area contributed by atoms with Crippen LogP contribution in [-0.4, -0.2) is 17.4 Å². The molecule has 0 bridgehead atoms. The minimum Gasteiger partial charge on any atom is -0.338 e. The van der Waals surface area contributed by atoms with E-state index in [2.05, 4.69) is 68.6 Å². The van der Waals surface area contributed by atoms with E-state index in [0.717, 1.165) is 26.1 Å². The smallest absolute Gasteiger partial charge is 0.222 e. The summed E-state index contributed by atoms with van der Waals surface area (Å²) in [5.41, 5.74) is 6.48. The maximum absolute atomic E-state index is 11.7. The number of amides is 1. The van der Waals surface area contributed by atoms with Crippen LogP contribution in [0.5, 0.6) is 0 Å². The maximum atomic E-state index is 11.7. The average Bonchev–Trinajstić information content (AvgIpc) is 3.01. The molecule has 3 heteroatoms. The summed E-state index contributed by atoms with van der Waals surface area (Å²) >= 11 is 0. The fourth-order valence-corrected chi connectivity index (χ4v) is 3.28. The quantitative estimate of drug-likeness (QED) is 0.854. The molecule has 3 nitrogen and oxygen atoms in total. The molecular weight excluding hydrogens is 308 g/mol. The lowest BCUT2D eigenvalue weighted by molar-refractivity contribution is -0.128. The van der Waals surface area contributed by atoms with Gasteiger partial charge in [0.25, 0.3) is 0 Å². The highest BCUT2D eigenvalue weighted by molar-refractivity contribution is 5.78. The van der Waals surface area contributed by atoms with Crippen molar-refractivity contribution >= 4 is 5.91 Å². The molecule has 1 saturated heterocycles. The van der Waals surface area contributed by atoms with Gasteiger partial charge in [0.05, 0.1) is 0 Å². The van der Waals surface area contributed by atoms with Gasteiger partial charge in [-0.05, 0) is 55.0 Å².